The highest BCUT2D eigenvalue weighted by molar-refractivity contribution is 6.09. The van der Waals surface area contributed by atoms with Crippen LogP contribution in [0.1, 0.15) is 114 Å². The molecule has 0 spiro atoms. The first-order valence-corrected chi connectivity index (χ1v) is 16.3. The van der Waals surface area contributed by atoms with Gasteiger partial charge >= 0.3 is 0 Å². The van der Waals surface area contributed by atoms with E-state index in [2.05, 4.69) is 67.9 Å². The molecule has 2 bridgehead atoms. The lowest BCUT2D eigenvalue weighted by Gasteiger charge is -2.55. The number of aryl methyl sites for hydroxylation is 2. The lowest BCUT2D eigenvalue weighted by atomic mass is 9.51. The molecule has 4 heteroatoms. The molecule has 0 aliphatic heterocycles. The summed E-state index contributed by atoms with van der Waals surface area (Å²) in [5.41, 5.74) is 14.6. The first-order valence-electron chi connectivity index (χ1n) is 16.3. The Morgan fingerprint density at radius 2 is 1.78 bits per heavy atom. The van der Waals surface area contributed by atoms with E-state index in [9.17, 15) is 0 Å². The van der Waals surface area contributed by atoms with Crippen molar-refractivity contribution in [2.45, 2.75) is 116 Å². The summed E-state index contributed by atoms with van der Waals surface area (Å²) in [7, 11) is 0. The number of aliphatic imine (C=N–C) groups is 1. The van der Waals surface area contributed by atoms with Crippen LogP contribution in [0.2, 0.25) is 0 Å². The molecule has 0 atom stereocenters. The van der Waals surface area contributed by atoms with Gasteiger partial charge in [-0.2, -0.15) is 0 Å². The highest BCUT2D eigenvalue weighted by atomic mass is 15.2. The van der Waals surface area contributed by atoms with Crippen molar-refractivity contribution >= 4 is 17.6 Å². The summed E-state index contributed by atoms with van der Waals surface area (Å²) in [6.07, 6.45) is 20.8. The van der Waals surface area contributed by atoms with Gasteiger partial charge in [0, 0.05) is 42.5 Å². The maximum Gasteiger partial charge on any atom is 0.133 e. The number of hydrogen-bond acceptors (Lipinski definition) is 4. The van der Waals surface area contributed by atoms with E-state index in [0.29, 0.717) is 16.7 Å². The quantitative estimate of drug-likeness (QED) is 0.299. The average Bonchev–Trinajstić information content (AvgIpc) is 3.01. The minimum Gasteiger partial charge on any atom is -0.404 e. The van der Waals surface area contributed by atoms with Gasteiger partial charge in [0.05, 0.1) is 0 Å². The summed E-state index contributed by atoms with van der Waals surface area (Å²) in [4.78, 5) is 12.1. The minimum absolute atomic E-state index is 0.228. The summed E-state index contributed by atoms with van der Waals surface area (Å²) < 4.78 is 0. The van der Waals surface area contributed by atoms with Crippen LogP contribution in [0, 0.1) is 18.3 Å². The monoisotopic (exact) mass is 552 g/mol. The van der Waals surface area contributed by atoms with Crippen LogP contribution in [0.3, 0.4) is 0 Å². The van der Waals surface area contributed by atoms with Gasteiger partial charge in [0.25, 0.3) is 0 Å². The number of hydrogen-bond donors (Lipinski definition) is 1. The van der Waals surface area contributed by atoms with Crippen LogP contribution in [-0.4, -0.2) is 23.8 Å². The van der Waals surface area contributed by atoms with Crippen molar-refractivity contribution in [2.75, 3.05) is 11.4 Å². The number of benzene rings is 1. The van der Waals surface area contributed by atoms with Crippen molar-refractivity contribution in [3.8, 4) is 0 Å². The van der Waals surface area contributed by atoms with Crippen LogP contribution in [0.5, 0.6) is 0 Å². The van der Waals surface area contributed by atoms with Gasteiger partial charge in [-0.25, -0.2) is 4.98 Å². The van der Waals surface area contributed by atoms with Crippen molar-refractivity contribution < 1.29 is 0 Å². The first kappa shape index (κ1) is 29.6. The van der Waals surface area contributed by atoms with Gasteiger partial charge in [-0.05, 0) is 130 Å². The van der Waals surface area contributed by atoms with Crippen molar-refractivity contribution in [2.24, 2.45) is 22.1 Å². The smallest absolute Gasteiger partial charge is 0.133 e. The third-order valence-corrected chi connectivity index (χ3v) is 10.7. The predicted octanol–water partition coefficient (Wildman–Crippen LogP) is 8.92. The van der Waals surface area contributed by atoms with E-state index in [4.69, 9.17) is 17.3 Å². The summed E-state index contributed by atoms with van der Waals surface area (Å²) in [6, 6.07) is 11.8. The average molecular weight is 553 g/mol. The van der Waals surface area contributed by atoms with Gasteiger partial charge in [-0.1, -0.05) is 51.0 Å². The Hall–Kier alpha value is -2.88. The van der Waals surface area contributed by atoms with Gasteiger partial charge in [0.15, 0.2) is 0 Å². The highest BCUT2D eigenvalue weighted by Crippen LogP contribution is 2.58. The molecule has 41 heavy (non-hydrogen) atoms. The topological polar surface area (TPSA) is 54.5 Å². The molecular formula is C37H52N4. The second-order valence-corrected chi connectivity index (χ2v) is 13.6. The number of rotatable bonds is 10. The number of nitrogens with zero attached hydrogens (tertiary/aromatic N) is 3. The SMILES string of the molecule is C=C(C1CCCCC1)N(CC12CCC(c3ccc(CC)c(C)c3)(CC1)CC2)c1cc(/C(C=NC(C)C)=C/N)ccn1. The number of pyridine rings is 1. The fourth-order valence-corrected chi connectivity index (χ4v) is 7.87. The Morgan fingerprint density at radius 1 is 1.07 bits per heavy atom. The van der Waals surface area contributed by atoms with Crippen LogP contribution >= 0.6 is 0 Å². The van der Waals surface area contributed by atoms with Gasteiger partial charge in [-0.3, -0.25) is 4.99 Å². The number of allylic oxidation sites excluding steroid dienone is 2. The zero-order chi connectivity index (χ0) is 29.0. The molecule has 0 unspecified atom stereocenters. The minimum atomic E-state index is 0.228. The van der Waals surface area contributed by atoms with Crippen LogP contribution in [0.4, 0.5) is 5.82 Å². The molecule has 2 aromatic rings. The van der Waals surface area contributed by atoms with Crippen molar-refractivity contribution in [1.82, 2.24) is 4.98 Å². The van der Waals surface area contributed by atoms with Crippen LogP contribution in [0.15, 0.2) is 60.0 Å². The van der Waals surface area contributed by atoms with E-state index < -0.39 is 0 Å². The second-order valence-electron chi connectivity index (χ2n) is 13.6. The van der Waals surface area contributed by atoms with Crippen LogP contribution in [0.25, 0.3) is 5.57 Å². The fraction of sp³-hybridized carbons (Fsp3) is 0.568. The Bertz CT molecular complexity index is 1260. The van der Waals surface area contributed by atoms with E-state index in [1.54, 1.807) is 11.8 Å². The molecule has 1 aromatic heterocycles. The third kappa shape index (κ3) is 6.32. The van der Waals surface area contributed by atoms with Crippen molar-refractivity contribution in [3.05, 3.63) is 77.3 Å². The normalized spacial score (nSPS) is 25.2. The van der Waals surface area contributed by atoms with E-state index in [1.807, 2.05) is 12.4 Å². The van der Waals surface area contributed by atoms with E-state index in [1.165, 1.54) is 87.5 Å². The Kier molecular flexibility index (Phi) is 9.06. The maximum absolute atomic E-state index is 6.07. The molecule has 4 saturated carbocycles. The zero-order valence-corrected chi connectivity index (χ0v) is 26.1. The molecule has 0 radical (unpaired) electrons. The molecule has 0 amide bonds. The van der Waals surface area contributed by atoms with Crippen molar-refractivity contribution in [1.29, 1.82) is 0 Å². The fourth-order valence-electron chi connectivity index (χ4n) is 7.87. The van der Waals surface area contributed by atoms with Crippen LogP contribution < -0.4 is 10.6 Å². The summed E-state index contributed by atoms with van der Waals surface area (Å²) in [6.45, 7) is 14.5. The van der Waals surface area contributed by atoms with Crippen LogP contribution in [-0.2, 0) is 11.8 Å². The molecular weight excluding hydrogens is 500 g/mol. The van der Waals surface area contributed by atoms with Gasteiger partial charge in [-0.15, -0.1) is 0 Å². The molecule has 1 heterocycles. The molecule has 0 saturated heterocycles. The number of aromatic nitrogens is 1. The summed E-state index contributed by atoms with van der Waals surface area (Å²) in [5, 5.41) is 0. The number of anilines is 1. The maximum atomic E-state index is 6.07. The largest absolute Gasteiger partial charge is 0.404 e. The molecule has 4 nitrogen and oxygen atoms in total. The molecule has 4 aliphatic rings. The van der Waals surface area contributed by atoms with E-state index in [-0.39, 0.29) is 6.04 Å². The second kappa shape index (κ2) is 12.5. The van der Waals surface area contributed by atoms with Gasteiger partial charge in [0.2, 0.25) is 0 Å². The van der Waals surface area contributed by atoms with Gasteiger partial charge < -0.3 is 10.6 Å². The van der Waals surface area contributed by atoms with Gasteiger partial charge in [0.1, 0.15) is 5.82 Å². The molecule has 4 fully saturated rings. The molecule has 220 valence electrons. The summed E-state index contributed by atoms with van der Waals surface area (Å²) >= 11 is 0. The highest BCUT2D eigenvalue weighted by Gasteiger charge is 2.50. The zero-order valence-electron chi connectivity index (χ0n) is 26.1. The molecule has 6 rings (SSSR count). The summed E-state index contributed by atoms with van der Waals surface area (Å²) in [5.74, 6) is 1.56. The lowest BCUT2D eigenvalue weighted by Crippen LogP contribution is -2.49. The Morgan fingerprint density at radius 3 is 2.39 bits per heavy atom. The molecule has 4 aliphatic carbocycles. The Labute approximate surface area is 249 Å². The lowest BCUT2D eigenvalue weighted by molar-refractivity contribution is 0.0459. The molecule has 2 N–H and O–H groups in total. The Balaban J connectivity index is 1.41. The number of nitrogens with two attached hydrogens (primary N) is 1. The van der Waals surface area contributed by atoms with E-state index >= 15 is 0 Å². The van der Waals surface area contributed by atoms with Crippen molar-refractivity contribution in [3.63, 3.8) is 0 Å². The van der Waals surface area contributed by atoms with E-state index in [0.717, 1.165) is 29.9 Å². The number of fused-ring (bicyclic) bond motifs is 3. The predicted molar refractivity (Wildman–Crippen MR) is 175 cm³/mol. The molecule has 1 aromatic carbocycles. The third-order valence-electron chi connectivity index (χ3n) is 10.7. The first-order chi connectivity index (χ1) is 19.8. The standard InChI is InChI=1S/C37H52N4/c1-6-30-12-13-34(22-28(30)4)37-18-15-36(16-19-37,17-20-37)26-41(29(5)31-10-8-7-9-11-31)35-23-32(14-21-39-35)33(24-38)25-40-27(2)3/h12-14,21-25,27,31H,5-11,15-20,26,38H2,1-4H3/b33-24+,40-25?.